The van der Waals surface area contributed by atoms with Crippen LogP contribution in [0.15, 0.2) is 30.4 Å². The normalized spacial score (nSPS) is 32.0. The Balaban J connectivity index is 1.79. The summed E-state index contributed by atoms with van der Waals surface area (Å²) < 4.78 is 5.57. The number of carbonyl (C=O) groups is 2. The van der Waals surface area contributed by atoms with Gasteiger partial charge in [0.05, 0.1) is 34.7 Å². The summed E-state index contributed by atoms with van der Waals surface area (Å²) in [7, 11) is 0. The second-order valence-electron chi connectivity index (χ2n) is 5.74. The molecule has 2 amide bonds. The van der Waals surface area contributed by atoms with E-state index in [0.29, 0.717) is 5.56 Å². The lowest BCUT2D eigenvalue weighted by Gasteiger charge is -2.19. The summed E-state index contributed by atoms with van der Waals surface area (Å²) in [4.78, 5) is 36.8. The minimum atomic E-state index is -0.539. The molecule has 3 heterocycles. The number of carbonyl (C=O) groups excluding carboxylic acids is 2. The molecule has 0 radical (unpaired) electrons. The van der Waals surface area contributed by atoms with E-state index in [1.54, 1.807) is 25.1 Å². The summed E-state index contributed by atoms with van der Waals surface area (Å²) in [6.07, 6.45) is 2.88. The Morgan fingerprint density at radius 2 is 1.73 bits per heavy atom. The van der Waals surface area contributed by atoms with Gasteiger partial charge >= 0.3 is 0 Å². The van der Waals surface area contributed by atoms with Gasteiger partial charge < -0.3 is 4.74 Å². The van der Waals surface area contributed by atoms with Gasteiger partial charge in [0.1, 0.15) is 0 Å². The van der Waals surface area contributed by atoms with Crippen LogP contribution in [0.25, 0.3) is 0 Å². The van der Waals surface area contributed by atoms with Crippen LogP contribution in [-0.4, -0.2) is 28.9 Å². The number of imide groups is 1. The smallest absolute Gasteiger partial charge is 0.271 e. The Morgan fingerprint density at radius 1 is 1.14 bits per heavy atom. The molecule has 0 N–H and O–H groups in total. The minimum Gasteiger partial charge on any atom is -0.365 e. The topological polar surface area (TPSA) is 89.8 Å². The van der Waals surface area contributed by atoms with Crippen molar-refractivity contribution in [1.29, 1.82) is 0 Å². The number of nitrogens with zero attached hydrogens (tertiary/aromatic N) is 2. The minimum absolute atomic E-state index is 0.143. The summed E-state index contributed by atoms with van der Waals surface area (Å²) in [6.45, 7) is 1.72. The van der Waals surface area contributed by atoms with Gasteiger partial charge in [0.25, 0.3) is 5.69 Å². The van der Waals surface area contributed by atoms with Crippen LogP contribution in [0.5, 0.6) is 0 Å². The molecule has 0 aliphatic carbocycles. The maximum Gasteiger partial charge on any atom is 0.271 e. The van der Waals surface area contributed by atoms with Crippen LogP contribution in [-0.2, 0) is 14.3 Å². The van der Waals surface area contributed by atoms with Crippen molar-refractivity contribution >= 4 is 23.2 Å². The maximum absolute atomic E-state index is 12.6. The van der Waals surface area contributed by atoms with E-state index in [9.17, 15) is 19.7 Å². The van der Waals surface area contributed by atoms with Crippen LogP contribution in [0.3, 0.4) is 0 Å². The van der Waals surface area contributed by atoms with Crippen molar-refractivity contribution < 1.29 is 19.2 Å². The fourth-order valence-corrected chi connectivity index (χ4v) is 3.49. The van der Waals surface area contributed by atoms with Crippen molar-refractivity contribution in [1.82, 2.24) is 0 Å². The number of aryl methyl sites for hydroxylation is 1. The van der Waals surface area contributed by atoms with Gasteiger partial charge in [0.15, 0.2) is 0 Å². The molecule has 0 aromatic heterocycles. The second kappa shape index (κ2) is 4.23. The first kappa shape index (κ1) is 13.1. The number of anilines is 1. The zero-order valence-electron chi connectivity index (χ0n) is 11.6. The highest BCUT2D eigenvalue weighted by Gasteiger charge is 2.61. The van der Waals surface area contributed by atoms with E-state index >= 15 is 0 Å². The third kappa shape index (κ3) is 1.54. The summed E-state index contributed by atoms with van der Waals surface area (Å²) >= 11 is 0. The molecule has 2 saturated heterocycles. The summed E-state index contributed by atoms with van der Waals surface area (Å²) in [6, 6.07) is 4.19. The third-order valence-electron chi connectivity index (χ3n) is 4.56. The van der Waals surface area contributed by atoms with Crippen molar-refractivity contribution in [3.05, 3.63) is 46.0 Å². The van der Waals surface area contributed by atoms with Crippen molar-refractivity contribution in [2.24, 2.45) is 11.8 Å². The molecule has 0 unspecified atom stereocenters. The molecule has 7 nitrogen and oxygen atoms in total. The van der Waals surface area contributed by atoms with Gasteiger partial charge in [-0.3, -0.25) is 19.7 Å². The van der Waals surface area contributed by atoms with Crippen molar-refractivity contribution in [2.45, 2.75) is 19.1 Å². The molecule has 3 aliphatic heterocycles. The molecule has 4 atom stereocenters. The molecule has 2 fully saturated rings. The fourth-order valence-electron chi connectivity index (χ4n) is 3.49. The SMILES string of the molecule is Cc1ccc([N+](=O)[O-])cc1N1C(=O)[C@@H]2[C@@H](C1=O)[C@H]1C=C[C@H]2O1. The Morgan fingerprint density at radius 3 is 2.27 bits per heavy atom. The van der Waals surface area contributed by atoms with Crippen LogP contribution >= 0.6 is 0 Å². The first-order chi connectivity index (χ1) is 10.5. The van der Waals surface area contributed by atoms with Crippen LogP contribution < -0.4 is 4.90 Å². The molecule has 0 spiro atoms. The number of benzene rings is 1. The van der Waals surface area contributed by atoms with Crippen LogP contribution in [0.1, 0.15) is 5.56 Å². The van der Waals surface area contributed by atoms with E-state index in [1.807, 2.05) is 0 Å². The predicted octanol–water partition coefficient (Wildman–Crippen LogP) is 1.35. The van der Waals surface area contributed by atoms with Crippen molar-refractivity contribution in [3.8, 4) is 0 Å². The fraction of sp³-hybridized carbons (Fsp3) is 0.333. The highest BCUT2D eigenvalue weighted by Crippen LogP contribution is 2.46. The van der Waals surface area contributed by atoms with Gasteiger partial charge in [-0.15, -0.1) is 0 Å². The number of fused-ring (bicyclic) bond motifs is 5. The predicted molar refractivity (Wildman–Crippen MR) is 75.1 cm³/mol. The van der Waals surface area contributed by atoms with Crippen LogP contribution in [0.4, 0.5) is 11.4 Å². The zero-order valence-corrected chi connectivity index (χ0v) is 11.6. The number of hydrogen-bond donors (Lipinski definition) is 0. The molecule has 1 aromatic rings. The van der Waals surface area contributed by atoms with E-state index in [4.69, 9.17) is 4.74 Å². The van der Waals surface area contributed by atoms with E-state index in [0.717, 1.165) is 4.90 Å². The van der Waals surface area contributed by atoms with Crippen LogP contribution in [0, 0.1) is 28.9 Å². The highest BCUT2D eigenvalue weighted by atomic mass is 16.6. The average Bonchev–Trinajstić information content (AvgIpc) is 3.14. The lowest BCUT2D eigenvalue weighted by Crippen LogP contribution is -2.34. The molecule has 0 saturated carbocycles. The van der Waals surface area contributed by atoms with Gasteiger partial charge in [0.2, 0.25) is 11.8 Å². The molecule has 7 heteroatoms. The van der Waals surface area contributed by atoms with E-state index in [1.165, 1.54) is 12.1 Å². The molecule has 2 bridgehead atoms. The summed E-state index contributed by atoms with van der Waals surface area (Å²) in [5.41, 5.74) is 0.794. The largest absolute Gasteiger partial charge is 0.365 e. The lowest BCUT2D eigenvalue weighted by molar-refractivity contribution is -0.384. The molecule has 1 aromatic carbocycles. The monoisotopic (exact) mass is 300 g/mol. The number of amides is 2. The Hall–Kier alpha value is -2.54. The van der Waals surface area contributed by atoms with Crippen LogP contribution in [0.2, 0.25) is 0 Å². The quantitative estimate of drug-likeness (QED) is 0.356. The third-order valence-corrected chi connectivity index (χ3v) is 4.56. The number of hydrogen-bond acceptors (Lipinski definition) is 5. The van der Waals surface area contributed by atoms with Gasteiger partial charge in [-0.1, -0.05) is 18.2 Å². The molecular weight excluding hydrogens is 288 g/mol. The average molecular weight is 300 g/mol. The zero-order chi connectivity index (χ0) is 15.6. The Kier molecular flexibility index (Phi) is 2.53. The van der Waals surface area contributed by atoms with Gasteiger partial charge in [-0.2, -0.15) is 0 Å². The van der Waals surface area contributed by atoms with E-state index < -0.39 is 16.8 Å². The number of non-ortho nitro benzene ring substituents is 1. The molecule has 112 valence electrons. The summed E-state index contributed by atoms with van der Waals surface area (Å²) in [5, 5.41) is 10.9. The number of rotatable bonds is 2. The molecule has 22 heavy (non-hydrogen) atoms. The standard InChI is InChI=1S/C15H12N2O5/c1-7-2-3-8(17(20)21)6-9(7)16-14(18)12-10-4-5-11(22-10)13(12)15(16)19/h2-6,10-13H,1H3/t10-,11-,12+,13+/m1/s1. The molecular formula is C15H12N2O5. The molecule has 3 aliphatic rings. The van der Waals surface area contributed by atoms with Gasteiger partial charge in [0, 0.05) is 12.1 Å². The maximum atomic E-state index is 12.6. The Labute approximate surface area is 125 Å². The number of nitro groups is 1. The number of ether oxygens (including phenoxy) is 1. The first-order valence-corrected chi connectivity index (χ1v) is 6.95. The summed E-state index contributed by atoms with van der Waals surface area (Å²) in [5.74, 6) is -1.70. The number of nitro benzene ring substituents is 1. The van der Waals surface area contributed by atoms with Gasteiger partial charge in [-0.05, 0) is 12.5 Å². The first-order valence-electron chi connectivity index (χ1n) is 6.95. The Bertz CT molecular complexity index is 726. The van der Waals surface area contributed by atoms with Crippen molar-refractivity contribution in [2.75, 3.05) is 4.90 Å². The van der Waals surface area contributed by atoms with E-state index in [-0.39, 0.29) is 35.4 Å². The lowest BCUT2D eigenvalue weighted by atomic mass is 9.85. The van der Waals surface area contributed by atoms with E-state index in [2.05, 4.69) is 0 Å². The molecule has 4 rings (SSSR count). The highest BCUT2D eigenvalue weighted by molar-refractivity contribution is 6.23. The second-order valence-corrected chi connectivity index (χ2v) is 5.74. The van der Waals surface area contributed by atoms with Crippen molar-refractivity contribution in [3.63, 3.8) is 0 Å². The van der Waals surface area contributed by atoms with Gasteiger partial charge in [-0.25, -0.2) is 4.90 Å².